The number of hydrogen-bond acceptors (Lipinski definition) is 5. The number of fused-ring (bicyclic) bond motifs is 1. The van der Waals surface area contributed by atoms with Gasteiger partial charge in [-0.1, -0.05) is 45.4 Å². The van der Waals surface area contributed by atoms with E-state index in [2.05, 4.69) is 28.8 Å². The van der Waals surface area contributed by atoms with Crippen molar-refractivity contribution in [2.75, 3.05) is 27.8 Å². The Bertz CT molecular complexity index is 1410. The van der Waals surface area contributed by atoms with Gasteiger partial charge in [-0.25, -0.2) is 4.39 Å². The molecule has 1 aliphatic heterocycles. The fourth-order valence-electron chi connectivity index (χ4n) is 3.69. The van der Waals surface area contributed by atoms with Crippen LogP contribution in [0.3, 0.4) is 0 Å². The smallest absolute Gasteiger partial charge is 0.255 e. The second-order valence-electron chi connectivity index (χ2n) is 8.30. The number of carbonyl (C=O) groups excluding carboxylic acids is 1. The van der Waals surface area contributed by atoms with Crippen LogP contribution < -0.4 is 9.62 Å². The van der Waals surface area contributed by atoms with Gasteiger partial charge in [0.1, 0.15) is 5.82 Å². The molecule has 0 unspecified atom stereocenters. The van der Waals surface area contributed by atoms with Crippen molar-refractivity contribution in [3.63, 3.8) is 0 Å². The largest absolute Gasteiger partial charge is 0.322 e. The average Bonchev–Trinajstić information content (AvgIpc) is 3.54. The van der Waals surface area contributed by atoms with Crippen LogP contribution in [0.1, 0.15) is 50.9 Å². The van der Waals surface area contributed by atoms with E-state index in [9.17, 15) is 9.18 Å². The molecule has 4 aromatic rings. The number of nitrogens with zero attached hydrogens (tertiary/aromatic N) is 3. The molecule has 0 spiro atoms. The summed E-state index contributed by atoms with van der Waals surface area (Å²) in [6, 6.07) is 15.3. The number of allylic oxidation sites excluding steroid dienone is 1. The van der Waals surface area contributed by atoms with Gasteiger partial charge in [-0.15, -0.1) is 18.2 Å². The molecule has 2 aromatic heterocycles. The van der Waals surface area contributed by atoms with Crippen molar-refractivity contribution in [3.05, 3.63) is 96.0 Å². The normalized spacial score (nSPS) is 11.7. The first-order valence-electron chi connectivity index (χ1n) is 13.6. The Morgan fingerprint density at radius 1 is 1.12 bits per heavy atom. The lowest BCUT2D eigenvalue weighted by Crippen LogP contribution is -2.14. The van der Waals surface area contributed by atoms with Gasteiger partial charge in [0, 0.05) is 52.8 Å². The van der Waals surface area contributed by atoms with Crippen LogP contribution in [0.4, 0.5) is 15.8 Å². The van der Waals surface area contributed by atoms with Crippen molar-refractivity contribution in [1.29, 1.82) is 0 Å². The zero-order chi connectivity index (χ0) is 30.2. The molecule has 0 radical (unpaired) electrons. The van der Waals surface area contributed by atoms with Crippen LogP contribution in [0.2, 0.25) is 5.02 Å². The molecule has 41 heavy (non-hydrogen) atoms. The second kappa shape index (κ2) is 18.3. The number of benzene rings is 2. The first kappa shape index (κ1) is 34.1. The Balaban J connectivity index is 0.000000582. The van der Waals surface area contributed by atoms with Crippen LogP contribution in [0.15, 0.2) is 79.6 Å². The number of hydrogen-bond donors (Lipinski definition) is 1. The summed E-state index contributed by atoms with van der Waals surface area (Å²) < 4.78 is 16.5. The minimum absolute atomic E-state index is 0.249. The van der Waals surface area contributed by atoms with Gasteiger partial charge in [0.2, 0.25) is 0 Å². The fraction of sp³-hybridized carbons (Fsp3) is 0.281. The number of alkyl halides is 1. The first-order chi connectivity index (χ1) is 19.9. The Kier molecular flexibility index (Phi) is 15.2. The van der Waals surface area contributed by atoms with E-state index in [-0.39, 0.29) is 5.56 Å². The van der Waals surface area contributed by atoms with E-state index in [1.807, 2.05) is 49.4 Å². The summed E-state index contributed by atoms with van der Waals surface area (Å²) in [6.07, 6.45) is 7.37. The van der Waals surface area contributed by atoms with E-state index >= 15 is 0 Å². The minimum atomic E-state index is -0.406. The van der Waals surface area contributed by atoms with Gasteiger partial charge in [-0.2, -0.15) is 0 Å². The van der Waals surface area contributed by atoms with Crippen LogP contribution in [0.5, 0.6) is 0 Å². The van der Waals surface area contributed by atoms with E-state index in [0.717, 1.165) is 41.9 Å². The number of anilines is 2. The number of aromatic nitrogens is 2. The summed E-state index contributed by atoms with van der Waals surface area (Å²) in [5.41, 5.74) is 3.45. The molecule has 0 aliphatic carbocycles. The molecular formula is C32H37Cl2FN4OS. The van der Waals surface area contributed by atoms with Gasteiger partial charge >= 0.3 is 0 Å². The summed E-state index contributed by atoms with van der Waals surface area (Å²) in [7, 11) is 0. The topological polar surface area (TPSA) is 58.1 Å². The maximum atomic E-state index is 14.6. The molecule has 1 aliphatic rings. The monoisotopic (exact) mass is 614 g/mol. The van der Waals surface area contributed by atoms with E-state index in [4.69, 9.17) is 23.2 Å². The maximum absolute atomic E-state index is 14.6. The van der Waals surface area contributed by atoms with E-state index in [1.165, 1.54) is 6.07 Å². The number of carbonyl (C=O) groups is 1. The van der Waals surface area contributed by atoms with Crippen molar-refractivity contribution in [1.82, 2.24) is 9.97 Å². The predicted octanol–water partition coefficient (Wildman–Crippen LogP) is 10.1. The Hall–Kier alpha value is -3.13. The van der Waals surface area contributed by atoms with Crippen molar-refractivity contribution in [2.24, 2.45) is 0 Å². The highest BCUT2D eigenvalue weighted by Crippen LogP contribution is 2.34. The highest BCUT2D eigenvalue weighted by molar-refractivity contribution is 8.00. The molecule has 1 saturated heterocycles. The zero-order valence-corrected chi connectivity index (χ0v) is 26.3. The third-order valence-corrected chi connectivity index (χ3v) is 7.02. The number of rotatable bonds is 5. The molecule has 2 aromatic carbocycles. The number of pyridine rings is 2. The Morgan fingerprint density at radius 3 is 2.49 bits per heavy atom. The third kappa shape index (κ3) is 9.73. The lowest BCUT2D eigenvalue weighted by Gasteiger charge is -2.17. The lowest BCUT2D eigenvalue weighted by molar-refractivity contribution is 0.102. The van der Waals surface area contributed by atoms with Crippen LogP contribution >= 0.6 is 35.1 Å². The highest BCUT2D eigenvalue weighted by Gasteiger charge is 2.19. The molecule has 9 heteroatoms. The van der Waals surface area contributed by atoms with E-state index in [1.54, 1.807) is 54.7 Å². The molecule has 3 heterocycles. The van der Waals surface area contributed by atoms with Crippen molar-refractivity contribution >= 4 is 63.3 Å². The van der Waals surface area contributed by atoms with E-state index in [0.29, 0.717) is 27.7 Å². The van der Waals surface area contributed by atoms with Gasteiger partial charge in [0.05, 0.1) is 21.9 Å². The molecule has 218 valence electrons. The molecule has 1 amide bonds. The van der Waals surface area contributed by atoms with Gasteiger partial charge in [-0.3, -0.25) is 14.8 Å². The Morgan fingerprint density at radius 2 is 1.85 bits per heavy atom. The predicted molar refractivity (Wildman–Crippen MR) is 177 cm³/mol. The van der Waals surface area contributed by atoms with E-state index < -0.39 is 11.7 Å². The van der Waals surface area contributed by atoms with Crippen molar-refractivity contribution < 1.29 is 9.18 Å². The second-order valence-corrected chi connectivity index (χ2v) is 10.3. The molecule has 0 bridgehead atoms. The van der Waals surface area contributed by atoms with Gasteiger partial charge in [0.15, 0.2) is 0 Å². The summed E-state index contributed by atoms with van der Waals surface area (Å²) in [5.74, 6) is 0.893. The standard InChI is InChI=1S/C24H18ClFN4OS.C4H8.C2H5Cl.C2H6/c25-19-6-5-16(14-18(19)23-17-3-1-9-27-21(17)8-10-28-23)29-24(31)15-4-7-22(20(26)13-15)30-11-2-12-32-30;1-3-4-2;1-2-3;1-2/h1,3-10,13-14H,2,11-12H2,(H,29,31);3H,1,4H2,2H3;2H2,1H3;1-2H3. The summed E-state index contributed by atoms with van der Waals surface area (Å²) in [5, 5.41) is 4.20. The highest BCUT2D eigenvalue weighted by atomic mass is 35.5. The molecule has 1 fully saturated rings. The van der Waals surface area contributed by atoms with Crippen LogP contribution in [-0.2, 0) is 0 Å². The van der Waals surface area contributed by atoms with Crippen molar-refractivity contribution in [2.45, 2.75) is 40.5 Å². The fourth-order valence-corrected chi connectivity index (χ4v) is 4.92. The summed E-state index contributed by atoms with van der Waals surface area (Å²) >= 11 is 13.1. The quantitative estimate of drug-likeness (QED) is 0.138. The first-order valence-corrected chi connectivity index (χ1v) is 15.5. The SMILES string of the molecule is C=CCC.CC.CCCl.O=C(Nc1ccc(Cl)c(-c2nccc3ncccc23)c1)c1ccc(N2CCCS2)c(F)c1. The number of halogens is 3. The summed E-state index contributed by atoms with van der Waals surface area (Å²) in [6.45, 7) is 12.2. The molecule has 1 N–H and O–H groups in total. The molecule has 0 atom stereocenters. The van der Waals surface area contributed by atoms with Gasteiger partial charge in [-0.05, 0) is 79.4 Å². The maximum Gasteiger partial charge on any atom is 0.255 e. The summed E-state index contributed by atoms with van der Waals surface area (Å²) in [4.78, 5) is 21.6. The molecule has 5 rings (SSSR count). The minimum Gasteiger partial charge on any atom is -0.322 e. The lowest BCUT2D eigenvalue weighted by atomic mass is 10.1. The average molecular weight is 616 g/mol. The van der Waals surface area contributed by atoms with Crippen LogP contribution in [0.25, 0.3) is 22.2 Å². The molecular weight excluding hydrogens is 578 g/mol. The third-order valence-electron chi connectivity index (χ3n) is 5.53. The molecule has 5 nitrogen and oxygen atoms in total. The number of nitrogens with one attached hydrogen (secondary N) is 1. The van der Waals surface area contributed by atoms with Crippen molar-refractivity contribution in [3.8, 4) is 11.3 Å². The van der Waals surface area contributed by atoms with Gasteiger partial charge in [0.25, 0.3) is 5.91 Å². The van der Waals surface area contributed by atoms with Gasteiger partial charge < -0.3 is 9.62 Å². The zero-order valence-electron chi connectivity index (χ0n) is 24.0. The number of amides is 1. The van der Waals surface area contributed by atoms with Crippen LogP contribution in [-0.4, -0.2) is 34.1 Å². The Labute approximate surface area is 257 Å². The molecule has 0 saturated carbocycles. The van der Waals surface area contributed by atoms with Crippen LogP contribution in [0, 0.1) is 5.82 Å².